The summed E-state index contributed by atoms with van der Waals surface area (Å²) in [6.45, 7) is 5.86. The van der Waals surface area contributed by atoms with E-state index < -0.39 is 17.6 Å². The first-order chi connectivity index (χ1) is 9.81. The van der Waals surface area contributed by atoms with Gasteiger partial charge in [0, 0.05) is 0 Å². The second-order valence-electron chi connectivity index (χ2n) is 5.92. The van der Waals surface area contributed by atoms with Gasteiger partial charge >= 0.3 is 12.1 Å². The Labute approximate surface area is 125 Å². The second-order valence-corrected chi connectivity index (χ2v) is 5.92. The molecule has 1 atom stereocenters. The van der Waals surface area contributed by atoms with E-state index in [1.54, 1.807) is 6.92 Å². The zero-order valence-electron chi connectivity index (χ0n) is 12.8. The molecule has 0 saturated carbocycles. The zero-order valence-corrected chi connectivity index (χ0v) is 12.8. The summed E-state index contributed by atoms with van der Waals surface area (Å²) < 4.78 is 5.14. The van der Waals surface area contributed by atoms with Crippen LogP contribution >= 0.6 is 0 Å². The third-order valence-corrected chi connectivity index (χ3v) is 3.02. The Morgan fingerprint density at radius 2 is 1.90 bits per heavy atom. The van der Waals surface area contributed by atoms with E-state index in [4.69, 9.17) is 9.84 Å². The molecule has 1 aromatic rings. The van der Waals surface area contributed by atoms with Gasteiger partial charge < -0.3 is 15.2 Å². The van der Waals surface area contributed by atoms with Crippen molar-refractivity contribution in [3.8, 4) is 0 Å². The summed E-state index contributed by atoms with van der Waals surface area (Å²) in [6.07, 6.45) is -0.158. The van der Waals surface area contributed by atoms with E-state index >= 15 is 0 Å². The highest BCUT2D eigenvalue weighted by molar-refractivity contribution is 5.72. The van der Waals surface area contributed by atoms with Crippen molar-refractivity contribution in [3.05, 3.63) is 35.9 Å². The molecule has 0 radical (unpaired) electrons. The Kier molecular flexibility index (Phi) is 6.21. The Morgan fingerprint density at radius 3 is 2.43 bits per heavy atom. The highest BCUT2D eigenvalue weighted by atomic mass is 16.5. The van der Waals surface area contributed by atoms with Crippen molar-refractivity contribution < 1.29 is 19.4 Å². The number of rotatable bonds is 7. The molecule has 0 unspecified atom stereocenters. The summed E-state index contributed by atoms with van der Waals surface area (Å²) in [5.41, 5.74) is 0.0739. The van der Waals surface area contributed by atoms with Gasteiger partial charge in [0.2, 0.25) is 0 Å². The SMILES string of the molecule is CC(C)C[C@@](C)(CC(=O)O)NC(=O)OCc1ccccc1. The average molecular weight is 293 g/mol. The summed E-state index contributed by atoms with van der Waals surface area (Å²) in [7, 11) is 0. The van der Waals surface area contributed by atoms with Crippen molar-refractivity contribution in [1.82, 2.24) is 5.32 Å². The van der Waals surface area contributed by atoms with E-state index in [1.807, 2.05) is 44.2 Å². The second kappa shape index (κ2) is 7.67. The fourth-order valence-corrected chi connectivity index (χ4v) is 2.41. The lowest BCUT2D eigenvalue weighted by Crippen LogP contribution is -2.48. The minimum atomic E-state index is -0.943. The molecule has 116 valence electrons. The number of hydrogen-bond acceptors (Lipinski definition) is 3. The van der Waals surface area contributed by atoms with E-state index in [-0.39, 0.29) is 18.9 Å². The molecule has 0 aliphatic rings. The number of nitrogens with one attached hydrogen (secondary N) is 1. The number of ether oxygens (including phenoxy) is 1. The third kappa shape index (κ3) is 6.79. The van der Waals surface area contributed by atoms with E-state index in [0.717, 1.165) is 5.56 Å². The Hall–Kier alpha value is -2.04. The smallest absolute Gasteiger partial charge is 0.407 e. The lowest BCUT2D eigenvalue weighted by atomic mass is 9.88. The predicted octanol–water partition coefficient (Wildman–Crippen LogP) is 3.19. The van der Waals surface area contributed by atoms with Crippen LogP contribution in [-0.2, 0) is 16.1 Å². The van der Waals surface area contributed by atoms with Crippen LogP contribution in [0.25, 0.3) is 0 Å². The molecule has 0 aromatic heterocycles. The average Bonchev–Trinajstić information content (AvgIpc) is 2.35. The molecular formula is C16H23NO4. The van der Waals surface area contributed by atoms with E-state index in [2.05, 4.69) is 5.32 Å². The van der Waals surface area contributed by atoms with Crippen LogP contribution in [-0.4, -0.2) is 22.7 Å². The number of amides is 1. The predicted molar refractivity (Wildman–Crippen MR) is 79.9 cm³/mol. The third-order valence-electron chi connectivity index (χ3n) is 3.02. The molecule has 0 bridgehead atoms. The van der Waals surface area contributed by atoms with Crippen molar-refractivity contribution in [1.29, 1.82) is 0 Å². The summed E-state index contributed by atoms with van der Waals surface area (Å²) >= 11 is 0. The van der Waals surface area contributed by atoms with Crippen LogP contribution in [0.4, 0.5) is 4.79 Å². The molecule has 0 saturated heterocycles. The van der Waals surface area contributed by atoms with Gasteiger partial charge in [-0.25, -0.2) is 4.79 Å². The van der Waals surface area contributed by atoms with Crippen molar-refractivity contribution in [2.24, 2.45) is 5.92 Å². The maximum atomic E-state index is 11.9. The topological polar surface area (TPSA) is 75.6 Å². The van der Waals surface area contributed by atoms with Gasteiger partial charge in [-0.05, 0) is 24.8 Å². The highest BCUT2D eigenvalue weighted by Crippen LogP contribution is 2.20. The van der Waals surface area contributed by atoms with E-state index in [1.165, 1.54) is 0 Å². The van der Waals surface area contributed by atoms with Crippen LogP contribution in [0, 0.1) is 5.92 Å². The molecule has 1 rings (SSSR count). The molecule has 21 heavy (non-hydrogen) atoms. The Morgan fingerprint density at radius 1 is 1.29 bits per heavy atom. The maximum Gasteiger partial charge on any atom is 0.407 e. The molecule has 0 aliphatic carbocycles. The number of carbonyl (C=O) groups is 2. The maximum absolute atomic E-state index is 11.9. The lowest BCUT2D eigenvalue weighted by molar-refractivity contribution is -0.138. The number of alkyl carbamates (subject to hydrolysis) is 1. The minimum absolute atomic E-state index is 0.133. The van der Waals surface area contributed by atoms with Gasteiger partial charge in [-0.15, -0.1) is 0 Å². The summed E-state index contributed by atoms with van der Waals surface area (Å²) in [6, 6.07) is 9.33. The van der Waals surface area contributed by atoms with E-state index in [9.17, 15) is 9.59 Å². The standard InChI is InChI=1S/C16H23NO4/c1-12(2)9-16(3,10-14(18)19)17-15(20)21-11-13-7-5-4-6-8-13/h4-8,12H,9-11H2,1-3H3,(H,17,20)(H,18,19)/t16-/m0/s1. The van der Waals surface area contributed by atoms with Gasteiger partial charge in [-0.3, -0.25) is 4.79 Å². The first kappa shape index (κ1) is 17.0. The molecule has 1 amide bonds. The molecule has 0 heterocycles. The molecule has 0 aliphatic heterocycles. The highest BCUT2D eigenvalue weighted by Gasteiger charge is 2.30. The first-order valence-corrected chi connectivity index (χ1v) is 7.01. The number of aliphatic carboxylic acids is 1. The molecule has 1 aromatic carbocycles. The summed E-state index contributed by atoms with van der Waals surface area (Å²) in [5, 5.41) is 11.7. The Balaban J connectivity index is 2.57. The molecule has 5 heteroatoms. The van der Waals surface area contributed by atoms with Crippen LogP contribution < -0.4 is 5.32 Å². The summed E-state index contributed by atoms with van der Waals surface area (Å²) in [4.78, 5) is 22.8. The zero-order chi connectivity index (χ0) is 15.9. The van der Waals surface area contributed by atoms with Crippen LogP contribution in [0.15, 0.2) is 30.3 Å². The molecule has 2 N–H and O–H groups in total. The molecule has 5 nitrogen and oxygen atoms in total. The van der Waals surface area contributed by atoms with Crippen molar-refractivity contribution in [2.45, 2.75) is 45.8 Å². The minimum Gasteiger partial charge on any atom is -0.481 e. The number of carbonyl (C=O) groups excluding carboxylic acids is 1. The van der Waals surface area contributed by atoms with Crippen LogP contribution in [0.3, 0.4) is 0 Å². The lowest BCUT2D eigenvalue weighted by Gasteiger charge is -2.30. The fourth-order valence-electron chi connectivity index (χ4n) is 2.41. The largest absolute Gasteiger partial charge is 0.481 e. The van der Waals surface area contributed by atoms with Crippen LogP contribution in [0.1, 0.15) is 39.2 Å². The van der Waals surface area contributed by atoms with Gasteiger partial charge in [0.05, 0.1) is 12.0 Å². The van der Waals surface area contributed by atoms with Gasteiger partial charge in [0.15, 0.2) is 0 Å². The van der Waals surface area contributed by atoms with Crippen molar-refractivity contribution in [2.75, 3.05) is 0 Å². The van der Waals surface area contributed by atoms with Gasteiger partial charge in [-0.2, -0.15) is 0 Å². The first-order valence-electron chi connectivity index (χ1n) is 7.01. The Bertz CT molecular complexity index is 472. The molecule has 0 spiro atoms. The molecular weight excluding hydrogens is 270 g/mol. The monoisotopic (exact) mass is 293 g/mol. The number of benzene rings is 1. The number of hydrogen-bond donors (Lipinski definition) is 2. The van der Waals surface area contributed by atoms with Crippen molar-refractivity contribution >= 4 is 12.1 Å². The summed E-state index contributed by atoms with van der Waals surface area (Å²) in [5.74, 6) is -0.676. The van der Waals surface area contributed by atoms with Crippen LogP contribution in [0.5, 0.6) is 0 Å². The fraction of sp³-hybridized carbons (Fsp3) is 0.500. The molecule has 0 fully saturated rings. The van der Waals surface area contributed by atoms with Crippen molar-refractivity contribution in [3.63, 3.8) is 0 Å². The normalized spacial score (nSPS) is 13.5. The van der Waals surface area contributed by atoms with Gasteiger partial charge in [0.25, 0.3) is 0 Å². The van der Waals surface area contributed by atoms with Crippen LogP contribution in [0.2, 0.25) is 0 Å². The van der Waals surface area contributed by atoms with Gasteiger partial charge in [-0.1, -0.05) is 44.2 Å². The van der Waals surface area contributed by atoms with E-state index in [0.29, 0.717) is 6.42 Å². The number of carboxylic acids is 1. The van der Waals surface area contributed by atoms with Gasteiger partial charge in [0.1, 0.15) is 6.61 Å². The number of carboxylic acid groups (broad SMARTS) is 1. The quantitative estimate of drug-likeness (QED) is 0.809.